The Kier molecular flexibility index (Phi) is 5.00. The Labute approximate surface area is 131 Å². The number of piperidine rings is 1. The highest BCUT2D eigenvalue weighted by molar-refractivity contribution is 5.30. The van der Waals surface area contributed by atoms with Crippen LogP contribution >= 0.6 is 0 Å². The summed E-state index contributed by atoms with van der Waals surface area (Å²) < 4.78 is 2.09. The van der Waals surface area contributed by atoms with Crippen LogP contribution < -0.4 is 4.90 Å². The van der Waals surface area contributed by atoms with E-state index in [4.69, 9.17) is 0 Å². The van der Waals surface area contributed by atoms with Gasteiger partial charge in [-0.05, 0) is 26.3 Å². The lowest BCUT2D eigenvalue weighted by molar-refractivity contribution is 0.310. The van der Waals surface area contributed by atoms with Crippen molar-refractivity contribution in [3.8, 4) is 0 Å². The quantitative estimate of drug-likeness (QED) is 0.814. The van der Waals surface area contributed by atoms with Crippen LogP contribution in [0.4, 0.5) is 5.95 Å². The summed E-state index contributed by atoms with van der Waals surface area (Å²) in [5.74, 6) is 0.879. The van der Waals surface area contributed by atoms with Crippen LogP contribution in [0.2, 0.25) is 0 Å². The highest BCUT2D eigenvalue weighted by Crippen LogP contribution is 2.15. The zero-order chi connectivity index (χ0) is 15.2. The predicted octanol–water partition coefficient (Wildman–Crippen LogP) is 1.80. The molecule has 6 heteroatoms. The summed E-state index contributed by atoms with van der Waals surface area (Å²) in [7, 11) is 2.12. The van der Waals surface area contributed by atoms with E-state index in [1.54, 1.807) is 0 Å². The molecule has 0 bridgehead atoms. The van der Waals surface area contributed by atoms with Gasteiger partial charge in [0, 0.05) is 63.1 Å². The van der Waals surface area contributed by atoms with Crippen molar-refractivity contribution in [2.45, 2.75) is 32.4 Å². The fraction of sp³-hybridized carbons (Fsp3) is 0.562. The van der Waals surface area contributed by atoms with E-state index in [-0.39, 0.29) is 0 Å². The van der Waals surface area contributed by atoms with Crippen LogP contribution in [-0.2, 0) is 13.1 Å². The molecule has 1 aliphatic heterocycles. The SMILES string of the molecule is CN(CCn1ccnc1)Cc1cnc(N2CCCCC2)nc1. The number of likely N-dealkylation sites (N-methyl/N-ethyl adjacent to an activating group) is 1. The largest absolute Gasteiger partial charge is 0.341 e. The third-order valence-corrected chi connectivity index (χ3v) is 4.08. The number of imidazole rings is 1. The highest BCUT2D eigenvalue weighted by Gasteiger charge is 2.13. The van der Waals surface area contributed by atoms with Crippen molar-refractivity contribution >= 4 is 5.95 Å². The van der Waals surface area contributed by atoms with Gasteiger partial charge in [0.25, 0.3) is 0 Å². The number of aromatic nitrogens is 4. The van der Waals surface area contributed by atoms with Gasteiger partial charge in [0.05, 0.1) is 6.33 Å². The van der Waals surface area contributed by atoms with Crippen LogP contribution in [0.15, 0.2) is 31.1 Å². The van der Waals surface area contributed by atoms with Gasteiger partial charge in [-0.3, -0.25) is 0 Å². The maximum Gasteiger partial charge on any atom is 0.225 e. The van der Waals surface area contributed by atoms with Gasteiger partial charge in [-0.25, -0.2) is 15.0 Å². The maximum atomic E-state index is 4.54. The Bertz CT molecular complexity index is 545. The van der Waals surface area contributed by atoms with Gasteiger partial charge in [0.15, 0.2) is 0 Å². The smallest absolute Gasteiger partial charge is 0.225 e. The third-order valence-electron chi connectivity index (χ3n) is 4.08. The van der Waals surface area contributed by atoms with Crippen molar-refractivity contribution in [1.82, 2.24) is 24.4 Å². The van der Waals surface area contributed by atoms with Crippen molar-refractivity contribution in [3.63, 3.8) is 0 Å². The van der Waals surface area contributed by atoms with Crippen molar-refractivity contribution in [3.05, 3.63) is 36.7 Å². The van der Waals surface area contributed by atoms with Crippen LogP contribution in [0.1, 0.15) is 24.8 Å². The Balaban J connectivity index is 1.49. The molecule has 22 heavy (non-hydrogen) atoms. The molecule has 0 aliphatic carbocycles. The van der Waals surface area contributed by atoms with E-state index >= 15 is 0 Å². The molecule has 1 fully saturated rings. The Hall–Kier alpha value is -1.95. The average Bonchev–Trinajstić information content (AvgIpc) is 3.08. The second-order valence-electron chi connectivity index (χ2n) is 5.98. The van der Waals surface area contributed by atoms with E-state index < -0.39 is 0 Å². The molecule has 6 nitrogen and oxygen atoms in total. The zero-order valence-corrected chi connectivity index (χ0v) is 13.2. The van der Waals surface area contributed by atoms with Gasteiger partial charge in [-0.2, -0.15) is 0 Å². The molecule has 0 saturated carbocycles. The van der Waals surface area contributed by atoms with Crippen LogP contribution in [0.3, 0.4) is 0 Å². The molecule has 0 radical (unpaired) electrons. The lowest BCUT2D eigenvalue weighted by atomic mass is 10.1. The zero-order valence-electron chi connectivity index (χ0n) is 13.2. The van der Waals surface area contributed by atoms with Gasteiger partial charge in [0.1, 0.15) is 0 Å². The first-order valence-electron chi connectivity index (χ1n) is 8.01. The van der Waals surface area contributed by atoms with E-state index in [1.165, 1.54) is 19.3 Å². The highest BCUT2D eigenvalue weighted by atomic mass is 15.2. The average molecular weight is 300 g/mol. The maximum absolute atomic E-state index is 4.54. The first-order valence-corrected chi connectivity index (χ1v) is 8.01. The molecular weight excluding hydrogens is 276 g/mol. The summed E-state index contributed by atoms with van der Waals surface area (Å²) in [5, 5.41) is 0. The molecule has 3 rings (SSSR count). The normalized spacial score (nSPS) is 15.5. The van der Waals surface area contributed by atoms with E-state index in [0.29, 0.717) is 0 Å². The van der Waals surface area contributed by atoms with Crippen molar-refractivity contribution < 1.29 is 0 Å². The Morgan fingerprint density at radius 2 is 1.91 bits per heavy atom. The predicted molar refractivity (Wildman–Crippen MR) is 86.7 cm³/mol. The fourth-order valence-corrected chi connectivity index (χ4v) is 2.78. The number of hydrogen-bond donors (Lipinski definition) is 0. The minimum Gasteiger partial charge on any atom is -0.341 e. The number of nitrogens with zero attached hydrogens (tertiary/aromatic N) is 6. The molecule has 2 aromatic rings. The molecular formula is C16H24N6. The summed E-state index contributed by atoms with van der Waals surface area (Å²) in [4.78, 5) is 17.7. The molecule has 0 atom stereocenters. The van der Waals surface area contributed by atoms with Crippen LogP contribution in [0.25, 0.3) is 0 Å². The van der Waals surface area contributed by atoms with Crippen LogP contribution in [0, 0.1) is 0 Å². The molecule has 0 unspecified atom stereocenters. The van der Waals surface area contributed by atoms with Crippen molar-refractivity contribution in [2.75, 3.05) is 31.6 Å². The van der Waals surface area contributed by atoms with Gasteiger partial charge in [0.2, 0.25) is 5.95 Å². The monoisotopic (exact) mass is 300 g/mol. The molecule has 0 amide bonds. The lowest BCUT2D eigenvalue weighted by Crippen LogP contribution is -2.31. The summed E-state index contributed by atoms with van der Waals surface area (Å²) in [6.07, 6.45) is 13.4. The minimum atomic E-state index is 0.870. The van der Waals surface area contributed by atoms with Gasteiger partial charge in [-0.1, -0.05) is 0 Å². The number of anilines is 1. The summed E-state index contributed by atoms with van der Waals surface area (Å²) in [6.45, 7) is 4.97. The molecule has 1 aliphatic rings. The van der Waals surface area contributed by atoms with Crippen molar-refractivity contribution in [1.29, 1.82) is 0 Å². The summed E-state index contributed by atoms with van der Waals surface area (Å²) in [6, 6.07) is 0. The van der Waals surface area contributed by atoms with E-state index in [1.807, 2.05) is 31.1 Å². The Morgan fingerprint density at radius 1 is 1.14 bits per heavy atom. The van der Waals surface area contributed by atoms with Gasteiger partial charge >= 0.3 is 0 Å². The first kappa shape index (κ1) is 15.0. The molecule has 3 heterocycles. The third kappa shape index (κ3) is 4.04. The molecule has 0 spiro atoms. The van der Waals surface area contributed by atoms with Crippen LogP contribution in [-0.4, -0.2) is 51.1 Å². The van der Waals surface area contributed by atoms with Crippen molar-refractivity contribution in [2.24, 2.45) is 0 Å². The number of rotatable bonds is 6. The lowest BCUT2D eigenvalue weighted by Gasteiger charge is -2.26. The summed E-state index contributed by atoms with van der Waals surface area (Å²) in [5.41, 5.74) is 1.16. The topological polar surface area (TPSA) is 50.1 Å². The van der Waals surface area contributed by atoms with Gasteiger partial charge in [-0.15, -0.1) is 0 Å². The Morgan fingerprint density at radius 3 is 2.59 bits per heavy atom. The first-order chi connectivity index (χ1) is 10.8. The second-order valence-corrected chi connectivity index (χ2v) is 5.98. The molecule has 1 saturated heterocycles. The van der Waals surface area contributed by atoms with E-state index in [2.05, 4.69) is 36.4 Å². The minimum absolute atomic E-state index is 0.870. The molecule has 0 aromatic carbocycles. The second kappa shape index (κ2) is 7.35. The van der Waals surface area contributed by atoms with E-state index in [9.17, 15) is 0 Å². The standard InChI is InChI=1S/C16H24N6/c1-20(9-10-21-8-5-17-14-21)13-15-11-18-16(19-12-15)22-6-3-2-4-7-22/h5,8,11-12,14H,2-4,6-7,9-10,13H2,1H3. The van der Waals surface area contributed by atoms with Gasteiger partial charge < -0.3 is 14.4 Å². The number of hydrogen-bond acceptors (Lipinski definition) is 5. The molecule has 2 aromatic heterocycles. The molecule has 118 valence electrons. The van der Waals surface area contributed by atoms with E-state index in [0.717, 1.165) is 44.2 Å². The fourth-order valence-electron chi connectivity index (χ4n) is 2.78. The molecule has 0 N–H and O–H groups in total. The van der Waals surface area contributed by atoms with Crippen LogP contribution in [0.5, 0.6) is 0 Å². The summed E-state index contributed by atoms with van der Waals surface area (Å²) >= 11 is 0.